The zero-order valence-corrected chi connectivity index (χ0v) is 9.05. The molecule has 2 aromatic rings. The predicted molar refractivity (Wildman–Crippen MR) is 60.6 cm³/mol. The van der Waals surface area contributed by atoms with Crippen LogP contribution in [0.15, 0.2) is 23.0 Å². The Hall–Kier alpha value is -1.77. The fraction of sp³-hybridized carbons (Fsp3) is 0.250. The van der Waals surface area contributed by atoms with Crippen molar-refractivity contribution in [1.29, 1.82) is 0 Å². The number of benzene rings is 1. The first-order chi connectivity index (χ1) is 7.13. The van der Waals surface area contributed by atoms with Crippen molar-refractivity contribution in [1.82, 2.24) is 4.98 Å². The molecule has 0 aliphatic rings. The van der Waals surface area contributed by atoms with E-state index in [4.69, 9.17) is 4.74 Å². The number of aryl methyl sites for hydroxylation is 2. The van der Waals surface area contributed by atoms with E-state index in [0.717, 1.165) is 22.0 Å². The Morgan fingerprint density at radius 1 is 1.20 bits per heavy atom. The summed E-state index contributed by atoms with van der Waals surface area (Å²) in [7, 11) is 1.60. The van der Waals surface area contributed by atoms with Gasteiger partial charge in [0.1, 0.15) is 5.75 Å². The van der Waals surface area contributed by atoms with Crippen LogP contribution in [0.5, 0.6) is 5.75 Å². The van der Waals surface area contributed by atoms with E-state index in [1.807, 2.05) is 26.0 Å². The van der Waals surface area contributed by atoms with Gasteiger partial charge in [0.05, 0.1) is 12.6 Å². The Balaban J connectivity index is 3.00. The molecule has 1 aromatic heterocycles. The van der Waals surface area contributed by atoms with Gasteiger partial charge in [0.15, 0.2) is 0 Å². The Kier molecular flexibility index (Phi) is 2.23. The zero-order chi connectivity index (χ0) is 11.0. The molecule has 78 valence electrons. The van der Waals surface area contributed by atoms with E-state index in [2.05, 4.69) is 4.98 Å². The normalized spacial score (nSPS) is 10.6. The van der Waals surface area contributed by atoms with Crippen LogP contribution in [0.3, 0.4) is 0 Å². The Morgan fingerprint density at radius 3 is 2.60 bits per heavy atom. The van der Waals surface area contributed by atoms with E-state index in [1.165, 1.54) is 0 Å². The molecule has 0 fully saturated rings. The number of nitrogens with one attached hydrogen (secondary N) is 1. The number of aromatic nitrogens is 1. The van der Waals surface area contributed by atoms with E-state index < -0.39 is 0 Å². The third kappa shape index (κ3) is 1.50. The second-order valence-electron chi connectivity index (χ2n) is 3.65. The number of H-pyrrole nitrogens is 1. The summed E-state index contributed by atoms with van der Waals surface area (Å²) >= 11 is 0. The molecule has 0 bridgehead atoms. The van der Waals surface area contributed by atoms with Crippen LogP contribution in [0.1, 0.15) is 11.1 Å². The molecular formula is C12H13NO2. The maximum absolute atomic E-state index is 11.4. The van der Waals surface area contributed by atoms with Crippen LogP contribution < -0.4 is 10.3 Å². The summed E-state index contributed by atoms with van der Waals surface area (Å²) in [5, 5.41) is 1.06. The predicted octanol–water partition coefficient (Wildman–Crippen LogP) is 2.15. The van der Waals surface area contributed by atoms with Crippen molar-refractivity contribution < 1.29 is 4.74 Å². The fourth-order valence-corrected chi connectivity index (χ4v) is 1.92. The van der Waals surface area contributed by atoms with E-state index in [-0.39, 0.29) is 5.56 Å². The SMILES string of the molecule is COc1ccc(C)c2c(C)cc(=O)[nH]c12. The van der Waals surface area contributed by atoms with E-state index in [1.54, 1.807) is 13.2 Å². The highest BCUT2D eigenvalue weighted by atomic mass is 16.5. The molecule has 0 radical (unpaired) electrons. The summed E-state index contributed by atoms with van der Waals surface area (Å²) in [4.78, 5) is 14.2. The topological polar surface area (TPSA) is 42.1 Å². The molecule has 1 aromatic carbocycles. The van der Waals surface area contributed by atoms with Gasteiger partial charge in [-0.3, -0.25) is 4.79 Å². The van der Waals surface area contributed by atoms with E-state index >= 15 is 0 Å². The molecule has 0 saturated carbocycles. The van der Waals surface area contributed by atoms with Crippen LogP contribution in [-0.4, -0.2) is 12.1 Å². The maximum Gasteiger partial charge on any atom is 0.248 e. The minimum Gasteiger partial charge on any atom is -0.495 e. The van der Waals surface area contributed by atoms with Crippen molar-refractivity contribution in [2.24, 2.45) is 0 Å². The first kappa shape index (κ1) is 9.77. The van der Waals surface area contributed by atoms with Crippen LogP contribution in [0.2, 0.25) is 0 Å². The molecule has 1 heterocycles. The molecule has 3 nitrogen and oxygen atoms in total. The van der Waals surface area contributed by atoms with Gasteiger partial charge >= 0.3 is 0 Å². The number of rotatable bonds is 1. The highest BCUT2D eigenvalue weighted by Crippen LogP contribution is 2.27. The van der Waals surface area contributed by atoms with Gasteiger partial charge in [-0.1, -0.05) is 6.07 Å². The second-order valence-corrected chi connectivity index (χ2v) is 3.65. The smallest absolute Gasteiger partial charge is 0.248 e. The molecule has 0 spiro atoms. The van der Waals surface area contributed by atoms with Gasteiger partial charge in [0, 0.05) is 11.5 Å². The molecule has 0 amide bonds. The quantitative estimate of drug-likeness (QED) is 0.771. The van der Waals surface area contributed by atoms with Gasteiger partial charge in [0.25, 0.3) is 0 Å². The summed E-state index contributed by atoms with van der Waals surface area (Å²) in [5.41, 5.74) is 2.80. The van der Waals surface area contributed by atoms with Gasteiger partial charge in [-0.25, -0.2) is 0 Å². The zero-order valence-electron chi connectivity index (χ0n) is 9.05. The van der Waals surface area contributed by atoms with Crippen LogP contribution in [-0.2, 0) is 0 Å². The number of methoxy groups -OCH3 is 1. The lowest BCUT2D eigenvalue weighted by atomic mass is 10.0. The van der Waals surface area contributed by atoms with Crippen LogP contribution in [0, 0.1) is 13.8 Å². The second kappa shape index (κ2) is 3.42. The van der Waals surface area contributed by atoms with Gasteiger partial charge in [-0.2, -0.15) is 0 Å². The summed E-state index contributed by atoms with van der Waals surface area (Å²) < 4.78 is 5.22. The number of ether oxygens (including phenoxy) is 1. The number of fused-ring (bicyclic) bond motifs is 1. The van der Waals surface area contributed by atoms with Crippen molar-refractivity contribution in [3.8, 4) is 5.75 Å². The van der Waals surface area contributed by atoms with Crippen LogP contribution >= 0.6 is 0 Å². The van der Waals surface area contributed by atoms with Gasteiger partial charge in [-0.15, -0.1) is 0 Å². The lowest BCUT2D eigenvalue weighted by molar-refractivity contribution is 0.418. The van der Waals surface area contributed by atoms with Crippen molar-refractivity contribution in [3.63, 3.8) is 0 Å². The molecule has 0 aliphatic heterocycles. The summed E-state index contributed by atoms with van der Waals surface area (Å²) in [6.45, 7) is 3.96. The molecule has 0 unspecified atom stereocenters. The minimum atomic E-state index is -0.0936. The molecular weight excluding hydrogens is 190 g/mol. The van der Waals surface area contributed by atoms with Gasteiger partial charge in [-0.05, 0) is 31.0 Å². The van der Waals surface area contributed by atoms with Gasteiger partial charge in [0.2, 0.25) is 5.56 Å². The average Bonchev–Trinajstić information content (AvgIpc) is 2.17. The Labute approximate surface area is 87.7 Å². The minimum absolute atomic E-state index is 0.0936. The maximum atomic E-state index is 11.4. The summed E-state index contributed by atoms with van der Waals surface area (Å²) in [5.74, 6) is 0.705. The Morgan fingerprint density at radius 2 is 1.93 bits per heavy atom. The molecule has 0 aliphatic carbocycles. The lowest BCUT2D eigenvalue weighted by Gasteiger charge is -2.09. The first-order valence-electron chi connectivity index (χ1n) is 4.80. The highest BCUT2D eigenvalue weighted by molar-refractivity contribution is 5.89. The van der Waals surface area contributed by atoms with Crippen molar-refractivity contribution in [3.05, 3.63) is 39.7 Å². The molecule has 0 saturated heterocycles. The highest BCUT2D eigenvalue weighted by Gasteiger charge is 2.07. The summed E-state index contributed by atoms with van der Waals surface area (Å²) in [6.07, 6.45) is 0. The van der Waals surface area contributed by atoms with Crippen LogP contribution in [0.4, 0.5) is 0 Å². The first-order valence-corrected chi connectivity index (χ1v) is 4.80. The number of aromatic amines is 1. The van der Waals surface area contributed by atoms with Crippen molar-refractivity contribution in [2.45, 2.75) is 13.8 Å². The Bertz CT molecular complexity index is 570. The van der Waals surface area contributed by atoms with Crippen molar-refractivity contribution in [2.75, 3.05) is 7.11 Å². The number of pyridine rings is 1. The third-order valence-electron chi connectivity index (χ3n) is 2.59. The number of hydrogen-bond acceptors (Lipinski definition) is 2. The standard InChI is InChI=1S/C12H13NO2/c1-7-4-5-9(15-3)12-11(7)8(2)6-10(14)13-12/h4-6H,1-3H3,(H,13,14). The lowest BCUT2D eigenvalue weighted by Crippen LogP contribution is -2.06. The molecule has 2 rings (SSSR count). The number of hydrogen-bond donors (Lipinski definition) is 1. The average molecular weight is 203 g/mol. The van der Waals surface area contributed by atoms with Gasteiger partial charge < -0.3 is 9.72 Å². The van der Waals surface area contributed by atoms with Crippen molar-refractivity contribution >= 4 is 10.9 Å². The fourth-order valence-electron chi connectivity index (χ4n) is 1.92. The largest absolute Gasteiger partial charge is 0.495 e. The molecule has 3 heteroatoms. The van der Waals surface area contributed by atoms with Crippen LogP contribution in [0.25, 0.3) is 10.9 Å². The molecule has 0 atom stereocenters. The summed E-state index contributed by atoms with van der Waals surface area (Å²) in [6, 6.07) is 5.47. The monoisotopic (exact) mass is 203 g/mol. The molecule has 1 N–H and O–H groups in total. The van der Waals surface area contributed by atoms with E-state index in [9.17, 15) is 4.79 Å². The third-order valence-corrected chi connectivity index (χ3v) is 2.59. The van der Waals surface area contributed by atoms with E-state index in [0.29, 0.717) is 5.75 Å². The molecule has 15 heavy (non-hydrogen) atoms.